The van der Waals surface area contributed by atoms with Crippen molar-refractivity contribution in [3.63, 3.8) is 0 Å². The molecule has 0 bridgehead atoms. The molecule has 0 aliphatic carbocycles. The van der Waals surface area contributed by atoms with Crippen LogP contribution >= 0.6 is 0 Å². The van der Waals surface area contributed by atoms with E-state index in [9.17, 15) is 4.79 Å². The molecule has 0 saturated heterocycles. The first-order valence-electron chi connectivity index (χ1n) is 5.71. The van der Waals surface area contributed by atoms with Crippen LogP contribution < -0.4 is 9.47 Å². The highest BCUT2D eigenvalue weighted by Gasteiger charge is 2.26. The molecule has 0 fully saturated rings. The largest absolute Gasteiger partial charge is 0.497 e. The van der Waals surface area contributed by atoms with Crippen molar-refractivity contribution in [2.24, 2.45) is 11.8 Å². The Balaban J connectivity index is 3.22. The van der Waals surface area contributed by atoms with Gasteiger partial charge in [-0.05, 0) is 24.1 Å². The summed E-state index contributed by atoms with van der Waals surface area (Å²) in [6.45, 7) is 3.69. The van der Waals surface area contributed by atoms with Crippen molar-refractivity contribution in [3.8, 4) is 17.6 Å². The minimum atomic E-state index is -0.675. The van der Waals surface area contributed by atoms with E-state index in [2.05, 4.69) is 0 Å². The maximum atomic E-state index is 12.3. The van der Waals surface area contributed by atoms with Crippen LogP contribution in [0.25, 0.3) is 0 Å². The smallest absolute Gasteiger partial charge is 0.184 e. The number of nitriles is 1. The Morgan fingerprint density at radius 1 is 1.28 bits per heavy atom. The molecule has 0 aromatic heterocycles. The summed E-state index contributed by atoms with van der Waals surface area (Å²) in [5.41, 5.74) is 0.386. The Hall–Kier alpha value is -2.02. The number of hydrogen-bond acceptors (Lipinski definition) is 4. The van der Waals surface area contributed by atoms with E-state index in [4.69, 9.17) is 14.7 Å². The van der Waals surface area contributed by atoms with Gasteiger partial charge >= 0.3 is 0 Å². The van der Waals surface area contributed by atoms with E-state index in [1.807, 2.05) is 19.9 Å². The van der Waals surface area contributed by atoms with Gasteiger partial charge in [0.05, 0.1) is 25.9 Å². The molecular formula is C14H17NO3. The number of rotatable bonds is 5. The first-order chi connectivity index (χ1) is 8.54. The molecule has 18 heavy (non-hydrogen) atoms. The van der Waals surface area contributed by atoms with Crippen molar-refractivity contribution in [1.82, 2.24) is 0 Å². The predicted octanol–water partition coefficient (Wildman–Crippen LogP) is 2.68. The highest BCUT2D eigenvalue weighted by Crippen LogP contribution is 2.28. The van der Waals surface area contributed by atoms with Crippen LogP contribution in [0, 0.1) is 23.2 Å². The van der Waals surface area contributed by atoms with Crippen LogP contribution in [0.1, 0.15) is 24.2 Å². The number of methoxy groups -OCH3 is 2. The zero-order valence-electron chi connectivity index (χ0n) is 11.1. The molecule has 0 heterocycles. The Labute approximate surface area is 107 Å². The number of Topliss-reactive ketones (excluding diaryl/α,β-unsaturated/α-hetero) is 1. The lowest BCUT2D eigenvalue weighted by atomic mass is 9.89. The van der Waals surface area contributed by atoms with E-state index < -0.39 is 5.92 Å². The van der Waals surface area contributed by atoms with E-state index in [-0.39, 0.29) is 11.7 Å². The van der Waals surface area contributed by atoms with Crippen LogP contribution in [0.3, 0.4) is 0 Å². The van der Waals surface area contributed by atoms with Crippen LogP contribution in [0.15, 0.2) is 18.2 Å². The Morgan fingerprint density at radius 2 is 1.94 bits per heavy atom. The third-order valence-electron chi connectivity index (χ3n) is 2.76. The third kappa shape index (κ3) is 2.80. The molecule has 1 atom stereocenters. The lowest BCUT2D eigenvalue weighted by Crippen LogP contribution is -2.19. The van der Waals surface area contributed by atoms with Gasteiger partial charge in [0, 0.05) is 0 Å². The summed E-state index contributed by atoms with van der Waals surface area (Å²) < 4.78 is 10.2. The van der Waals surface area contributed by atoms with Gasteiger partial charge in [-0.3, -0.25) is 4.79 Å². The van der Waals surface area contributed by atoms with Crippen LogP contribution in [0.5, 0.6) is 11.5 Å². The van der Waals surface area contributed by atoms with Gasteiger partial charge in [0.25, 0.3) is 0 Å². The molecule has 0 saturated carbocycles. The van der Waals surface area contributed by atoms with Gasteiger partial charge in [-0.2, -0.15) is 5.26 Å². The minimum Gasteiger partial charge on any atom is -0.497 e. The maximum Gasteiger partial charge on any atom is 0.184 e. The number of ether oxygens (including phenoxy) is 2. The molecule has 0 radical (unpaired) electrons. The van der Waals surface area contributed by atoms with Crippen molar-refractivity contribution < 1.29 is 14.3 Å². The fraction of sp³-hybridized carbons (Fsp3) is 0.429. The molecule has 0 aliphatic heterocycles. The fourth-order valence-electron chi connectivity index (χ4n) is 1.68. The number of hydrogen-bond donors (Lipinski definition) is 0. The molecule has 96 valence electrons. The highest BCUT2D eigenvalue weighted by atomic mass is 16.5. The van der Waals surface area contributed by atoms with Gasteiger partial charge in [0.15, 0.2) is 5.78 Å². The second-order valence-electron chi connectivity index (χ2n) is 4.28. The quantitative estimate of drug-likeness (QED) is 0.750. The second-order valence-corrected chi connectivity index (χ2v) is 4.28. The Bertz CT molecular complexity index is 474. The van der Waals surface area contributed by atoms with Crippen molar-refractivity contribution in [1.29, 1.82) is 5.26 Å². The van der Waals surface area contributed by atoms with Crippen molar-refractivity contribution in [2.75, 3.05) is 14.2 Å². The van der Waals surface area contributed by atoms with Gasteiger partial charge < -0.3 is 9.47 Å². The summed E-state index contributed by atoms with van der Waals surface area (Å²) in [6, 6.07) is 7.03. The number of benzene rings is 1. The molecular weight excluding hydrogens is 230 g/mol. The first kappa shape index (κ1) is 14.0. The monoisotopic (exact) mass is 247 g/mol. The van der Waals surface area contributed by atoms with Crippen LogP contribution in [0.2, 0.25) is 0 Å². The topological polar surface area (TPSA) is 59.3 Å². The summed E-state index contributed by atoms with van der Waals surface area (Å²) in [4.78, 5) is 12.3. The van der Waals surface area contributed by atoms with Crippen molar-refractivity contribution in [2.45, 2.75) is 13.8 Å². The van der Waals surface area contributed by atoms with Crippen LogP contribution in [-0.4, -0.2) is 20.0 Å². The molecule has 1 unspecified atom stereocenters. The maximum absolute atomic E-state index is 12.3. The van der Waals surface area contributed by atoms with Gasteiger partial charge in [0.1, 0.15) is 17.4 Å². The summed E-state index contributed by atoms with van der Waals surface area (Å²) in [6.07, 6.45) is 0. The summed E-state index contributed by atoms with van der Waals surface area (Å²) >= 11 is 0. The summed E-state index contributed by atoms with van der Waals surface area (Å²) in [7, 11) is 3.02. The van der Waals surface area contributed by atoms with E-state index >= 15 is 0 Å². The third-order valence-corrected chi connectivity index (χ3v) is 2.76. The molecule has 0 N–H and O–H groups in total. The number of ketones is 1. The predicted molar refractivity (Wildman–Crippen MR) is 67.8 cm³/mol. The van der Waals surface area contributed by atoms with Crippen molar-refractivity contribution >= 4 is 5.78 Å². The van der Waals surface area contributed by atoms with Crippen LogP contribution in [0.4, 0.5) is 0 Å². The standard InChI is InChI=1S/C14H17NO3/c1-9(2)12(8-15)14(16)11-7-10(17-3)5-6-13(11)18-4/h5-7,9,12H,1-4H3. The molecule has 0 aliphatic rings. The zero-order valence-corrected chi connectivity index (χ0v) is 11.1. The second kappa shape index (κ2) is 6.06. The molecule has 1 aromatic rings. The lowest BCUT2D eigenvalue weighted by Gasteiger charge is -2.14. The number of carbonyl (C=O) groups is 1. The van der Waals surface area contributed by atoms with E-state index in [1.54, 1.807) is 18.2 Å². The average Bonchev–Trinajstić information content (AvgIpc) is 2.38. The average molecular weight is 247 g/mol. The molecule has 0 amide bonds. The lowest BCUT2D eigenvalue weighted by molar-refractivity contribution is 0.0921. The van der Waals surface area contributed by atoms with E-state index in [0.717, 1.165) is 0 Å². The highest BCUT2D eigenvalue weighted by molar-refractivity contribution is 6.02. The summed E-state index contributed by atoms with van der Waals surface area (Å²) in [5, 5.41) is 9.08. The SMILES string of the molecule is COc1ccc(OC)c(C(=O)C(C#N)C(C)C)c1. The van der Waals surface area contributed by atoms with Crippen LogP contribution in [-0.2, 0) is 0 Å². The number of nitrogens with zero attached hydrogens (tertiary/aromatic N) is 1. The molecule has 1 aromatic carbocycles. The normalized spacial score (nSPS) is 11.8. The van der Waals surface area contributed by atoms with E-state index in [1.165, 1.54) is 14.2 Å². The van der Waals surface area contributed by atoms with Gasteiger partial charge in [-0.1, -0.05) is 13.8 Å². The molecule has 0 spiro atoms. The molecule has 1 rings (SSSR count). The van der Waals surface area contributed by atoms with E-state index in [0.29, 0.717) is 17.1 Å². The summed E-state index contributed by atoms with van der Waals surface area (Å²) in [5.74, 6) is 0.0777. The van der Waals surface area contributed by atoms with Gasteiger partial charge in [-0.25, -0.2) is 0 Å². The molecule has 4 heteroatoms. The first-order valence-corrected chi connectivity index (χ1v) is 5.71. The van der Waals surface area contributed by atoms with Gasteiger partial charge in [0.2, 0.25) is 0 Å². The zero-order chi connectivity index (χ0) is 13.7. The fourth-order valence-corrected chi connectivity index (χ4v) is 1.68. The Kier molecular flexibility index (Phi) is 4.73. The van der Waals surface area contributed by atoms with Gasteiger partial charge in [-0.15, -0.1) is 0 Å². The minimum absolute atomic E-state index is 0.0431. The van der Waals surface area contributed by atoms with Crippen molar-refractivity contribution in [3.05, 3.63) is 23.8 Å². The Morgan fingerprint density at radius 3 is 2.39 bits per heavy atom. The number of carbonyl (C=O) groups excluding carboxylic acids is 1. The molecule has 4 nitrogen and oxygen atoms in total.